The highest BCUT2D eigenvalue weighted by molar-refractivity contribution is 7.88. The number of hydrogen-bond acceptors (Lipinski definition) is 4. The van der Waals surface area contributed by atoms with E-state index in [1.54, 1.807) is 10.6 Å². The number of hydrogen-bond donors (Lipinski definition) is 0. The minimum atomic E-state index is -3.40. The molecule has 2 heterocycles. The highest BCUT2D eigenvalue weighted by Gasteiger charge is 2.38. The number of benzene rings is 1. The molecule has 1 aliphatic heterocycles. The molecule has 1 atom stereocenters. The highest BCUT2D eigenvalue weighted by Crippen LogP contribution is 2.36. The fraction of sp³-hybridized carbons (Fsp3) is 0.500. The van der Waals surface area contributed by atoms with E-state index >= 15 is 0 Å². The number of rotatable bonds is 4. The third-order valence-corrected chi connectivity index (χ3v) is 6.18. The molecule has 0 radical (unpaired) electrons. The standard InChI is InChI=1S/C18H24N2O3S/c1-18(2,3)16-12-23-17(19-16)15-10-7-11-20(15)24(21,22)13-14-8-5-4-6-9-14/h4-6,8-9,12,15H,7,10-11,13H2,1-3H3/t15-/m1/s1. The van der Waals surface area contributed by atoms with Gasteiger partial charge < -0.3 is 4.42 Å². The Bertz CT molecular complexity index is 791. The van der Waals surface area contributed by atoms with Crippen molar-refractivity contribution in [3.8, 4) is 0 Å². The molecule has 1 fully saturated rings. The zero-order valence-corrected chi connectivity index (χ0v) is 15.2. The van der Waals surface area contributed by atoms with Crippen LogP contribution in [-0.2, 0) is 21.2 Å². The maximum atomic E-state index is 12.8. The van der Waals surface area contributed by atoms with E-state index in [-0.39, 0.29) is 17.2 Å². The van der Waals surface area contributed by atoms with Crippen LogP contribution >= 0.6 is 0 Å². The van der Waals surface area contributed by atoms with Gasteiger partial charge in [0.1, 0.15) is 12.3 Å². The van der Waals surface area contributed by atoms with Crippen molar-refractivity contribution >= 4 is 10.0 Å². The van der Waals surface area contributed by atoms with Gasteiger partial charge >= 0.3 is 0 Å². The van der Waals surface area contributed by atoms with Crippen LogP contribution in [0.1, 0.15) is 56.8 Å². The number of sulfonamides is 1. The molecule has 3 rings (SSSR count). The molecular weight excluding hydrogens is 324 g/mol. The topological polar surface area (TPSA) is 63.4 Å². The molecule has 0 saturated carbocycles. The summed E-state index contributed by atoms with van der Waals surface area (Å²) in [4.78, 5) is 4.56. The minimum absolute atomic E-state index is 0.0111. The van der Waals surface area contributed by atoms with E-state index in [9.17, 15) is 8.42 Å². The third kappa shape index (κ3) is 3.54. The van der Waals surface area contributed by atoms with Crippen molar-refractivity contribution in [1.29, 1.82) is 0 Å². The monoisotopic (exact) mass is 348 g/mol. The maximum Gasteiger partial charge on any atom is 0.219 e. The van der Waals surface area contributed by atoms with Crippen molar-refractivity contribution in [2.45, 2.75) is 50.8 Å². The van der Waals surface area contributed by atoms with E-state index in [0.29, 0.717) is 12.4 Å². The van der Waals surface area contributed by atoms with E-state index in [1.165, 1.54) is 0 Å². The van der Waals surface area contributed by atoms with Gasteiger partial charge in [0.2, 0.25) is 15.9 Å². The summed E-state index contributed by atoms with van der Waals surface area (Å²) in [5.74, 6) is 0.519. The van der Waals surface area contributed by atoms with Crippen molar-refractivity contribution in [3.05, 3.63) is 53.7 Å². The molecule has 0 N–H and O–H groups in total. The SMILES string of the molecule is CC(C)(C)c1coc([C@H]2CCCN2S(=O)(=O)Cc2ccccc2)n1. The van der Waals surface area contributed by atoms with Gasteiger partial charge in [0.15, 0.2) is 0 Å². The van der Waals surface area contributed by atoms with Crippen LogP contribution < -0.4 is 0 Å². The highest BCUT2D eigenvalue weighted by atomic mass is 32.2. The van der Waals surface area contributed by atoms with Crippen molar-refractivity contribution in [1.82, 2.24) is 9.29 Å². The van der Waals surface area contributed by atoms with Gasteiger partial charge in [-0.1, -0.05) is 51.1 Å². The first-order valence-corrected chi connectivity index (χ1v) is 9.88. The molecule has 6 heteroatoms. The second-order valence-corrected chi connectivity index (χ2v) is 9.25. The Hall–Kier alpha value is -1.66. The van der Waals surface area contributed by atoms with Crippen molar-refractivity contribution in [2.75, 3.05) is 6.54 Å². The largest absolute Gasteiger partial charge is 0.447 e. The normalized spacial score (nSPS) is 19.7. The fourth-order valence-corrected chi connectivity index (χ4v) is 4.74. The van der Waals surface area contributed by atoms with Gasteiger partial charge in [0, 0.05) is 12.0 Å². The first-order valence-electron chi connectivity index (χ1n) is 8.27. The van der Waals surface area contributed by atoms with Crippen molar-refractivity contribution in [3.63, 3.8) is 0 Å². The molecule has 0 aliphatic carbocycles. The second kappa shape index (κ2) is 6.33. The number of aromatic nitrogens is 1. The van der Waals surface area contributed by atoms with Gasteiger partial charge in [0.05, 0.1) is 11.4 Å². The zero-order valence-electron chi connectivity index (χ0n) is 14.4. The van der Waals surface area contributed by atoms with E-state index in [0.717, 1.165) is 24.1 Å². The summed E-state index contributed by atoms with van der Waals surface area (Å²) in [6, 6.07) is 8.98. The molecule has 1 aromatic heterocycles. The number of nitrogens with zero attached hydrogens (tertiary/aromatic N) is 2. The molecule has 0 bridgehead atoms. The summed E-state index contributed by atoms with van der Waals surface area (Å²) in [5, 5.41) is 0. The molecule has 130 valence electrons. The van der Waals surface area contributed by atoms with Crippen LogP contribution in [0.4, 0.5) is 0 Å². The van der Waals surface area contributed by atoms with Gasteiger partial charge in [-0.15, -0.1) is 0 Å². The lowest BCUT2D eigenvalue weighted by molar-refractivity contribution is 0.329. The molecule has 5 nitrogen and oxygen atoms in total. The van der Waals surface area contributed by atoms with Crippen LogP contribution in [0.25, 0.3) is 0 Å². The van der Waals surface area contributed by atoms with Crippen molar-refractivity contribution in [2.24, 2.45) is 0 Å². The minimum Gasteiger partial charge on any atom is -0.447 e. The Kier molecular flexibility index (Phi) is 4.53. The predicted molar refractivity (Wildman–Crippen MR) is 92.9 cm³/mol. The first-order chi connectivity index (χ1) is 11.3. The lowest BCUT2D eigenvalue weighted by Crippen LogP contribution is -2.32. The van der Waals surface area contributed by atoms with Crippen LogP contribution in [0.3, 0.4) is 0 Å². The summed E-state index contributed by atoms with van der Waals surface area (Å²) in [6.45, 7) is 6.71. The van der Waals surface area contributed by atoms with Gasteiger partial charge in [-0.25, -0.2) is 13.4 Å². The van der Waals surface area contributed by atoms with Crippen LogP contribution in [0, 0.1) is 0 Å². The lowest BCUT2D eigenvalue weighted by atomic mass is 9.93. The van der Waals surface area contributed by atoms with E-state index in [2.05, 4.69) is 25.8 Å². The Labute approximate surface area is 143 Å². The molecule has 24 heavy (non-hydrogen) atoms. The summed E-state index contributed by atoms with van der Waals surface area (Å²) in [7, 11) is -3.40. The molecule has 0 amide bonds. The Balaban J connectivity index is 1.84. The Morgan fingerprint density at radius 3 is 2.58 bits per heavy atom. The van der Waals surface area contributed by atoms with Crippen LogP contribution in [0.5, 0.6) is 0 Å². The van der Waals surface area contributed by atoms with Crippen LogP contribution in [-0.4, -0.2) is 24.3 Å². The molecule has 2 aromatic rings. The van der Waals surface area contributed by atoms with E-state index in [1.807, 2.05) is 30.3 Å². The maximum absolute atomic E-state index is 12.8. The third-order valence-electron chi connectivity index (χ3n) is 4.33. The molecule has 1 aromatic carbocycles. The number of oxazole rings is 1. The molecule has 0 unspecified atom stereocenters. The first kappa shape index (κ1) is 17.2. The summed E-state index contributed by atoms with van der Waals surface area (Å²) in [6.07, 6.45) is 3.22. The predicted octanol–water partition coefficient (Wildman–Crippen LogP) is 3.64. The quantitative estimate of drug-likeness (QED) is 0.846. The molecular formula is C18H24N2O3S. The van der Waals surface area contributed by atoms with Gasteiger partial charge in [-0.05, 0) is 18.4 Å². The molecule has 0 spiro atoms. The summed E-state index contributed by atoms with van der Waals surface area (Å²) < 4.78 is 32.9. The summed E-state index contributed by atoms with van der Waals surface area (Å²) in [5.41, 5.74) is 1.53. The average Bonchev–Trinajstić information content (AvgIpc) is 3.16. The molecule has 1 aliphatic rings. The van der Waals surface area contributed by atoms with Crippen LogP contribution in [0.2, 0.25) is 0 Å². The second-order valence-electron chi connectivity index (χ2n) is 7.33. The lowest BCUT2D eigenvalue weighted by Gasteiger charge is -2.22. The van der Waals surface area contributed by atoms with E-state index in [4.69, 9.17) is 4.42 Å². The van der Waals surface area contributed by atoms with Gasteiger partial charge in [0.25, 0.3) is 0 Å². The van der Waals surface area contributed by atoms with Gasteiger partial charge in [-0.3, -0.25) is 0 Å². The zero-order chi connectivity index (χ0) is 17.4. The molecule has 1 saturated heterocycles. The smallest absolute Gasteiger partial charge is 0.219 e. The average molecular weight is 348 g/mol. The van der Waals surface area contributed by atoms with Crippen LogP contribution in [0.15, 0.2) is 41.0 Å². The van der Waals surface area contributed by atoms with E-state index < -0.39 is 10.0 Å². The van der Waals surface area contributed by atoms with Crippen molar-refractivity contribution < 1.29 is 12.8 Å². The fourth-order valence-electron chi connectivity index (χ4n) is 2.97. The Morgan fingerprint density at radius 2 is 1.96 bits per heavy atom. The Morgan fingerprint density at radius 1 is 1.25 bits per heavy atom. The summed E-state index contributed by atoms with van der Waals surface area (Å²) >= 11 is 0. The van der Waals surface area contributed by atoms with Gasteiger partial charge in [-0.2, -0.15) is 4.31 Å².